The summed E-state index contributed by atoms with van der Waals surface area (Å²) in [5, 5.41) is -0.322. The number of rotatable bonds is 8. The molecule has 2 aromatic heterocycles. The van der Waals surface area contributed by atoms with Gasteiger partial charge in [0, 0.05) is 24.8 Å². The first-order chi connectivity index (χ1) is 21.7. The van der Waals surface area contributed by atoms with E-state index < -0.39 is 8.07 Å². The number of hydrogen-bond acceptors (Lipinski definition) is 2. The largest absolute Gasteiger partial charge is 0.264 e. The maximum Gasteiger partial charge on any atom is 0.0621 e. The Hall–Kier alpha value is -1.14. The van der Waals surface area contributed by atoms with Crippen LogP contribution in [0.4, 0.5) is 0 Å². The SMILES string of the molecule is C[Si](C)(C)C1C=C(CP(C2C3CC4CC(C3)CC2C4)C2C3CC4CC(C3)CC2C4)C(C(P)(c2cccnc2)c2cccnc2)=C1. The number of nitrogens with zero attached hydrogens (tertiary/aromatic N) is 2. The summed E-state index contributed by atoms with van der Waals surface area (Å²) in [7, 11) is 1.86. The fraction of sp³-hybridized carbons (Fsp3) is 0.650. The van der Waals surface area contributed by atoms with Gasteiger partial charge in [-0.1, -0.05) is 51.8 Å². The highest BCUT2D eigenvalue weighted by molar-refractivity contribution is 7.59. The molecule has 0 N–H and O–H groups in total. The van der Waals surface area contributed by atoms with Crippen molar-refractivity contribution in [2.24, 2.45) is 47.3 Å². The van der Waals surface area contributed by atoms with Crippen molar-refractivity contribution in [1.29, 1.82) is 0 Å². The lowest BCUT2D eigenvalue weighted by atomic mass is 9.55. The monoisotopic (exact) mass is 652 g/mol. The lowest BCUT2D eigenvalue weighted by molar-refractivity contribution is 0.0131. The minimum Gasteiger partial charge on any atom is -0.264 e. The molecule has 2 heterocycles. The van der Waals surface area contributed by atoms with Crippen LogP contribution in [0.5, 0.6) is 0 Å². The summed E-state index contributed by atoms with van der Waals surface area (Å²) >= 11 is 0. The molecule has 8 bridgehead atoms. The van der Waals surface area contributed by atoms with Crippen LogP contribution in [0.3, 0.4) is 0 Å². The lowest BCUT2D eigenvalue weighted by Crippen LogP contribution is -2.53. The van der Waals surface area contributed by atoms with E-state index in [9.17, 15) is 0 Å². The Morgan fingerprint density at radius 2 is 1.13 bits per heavy atom. The van der Waals surface area contributed by atoms with Gasteiger partial charge in [0.25, 0.3) is 0 Å². The summed E-state index contributed by atoms with van der Waals surface area (Å²) in [6, 6.07) is 8.89. The molecule has 0 amide bonds. The Morgan fingerprint density at radius 1 is 0.689 bits per heavy atom. The van der Waals surface area contributed by atoms with E-state index in [1.54, 1.807) is 75.4 Å². The first-order valence-corrected chi connectivity index (χ1v) is 24.3. The maximum atomic E-state index is 4.68. The highest BCUT2D eigenvalue weighted by Gasteiger charge is 2.57. The molecule has 45 heavy (non-hydrogen) atoms. The molecule has 0 spiro atoms. The van der Waals surface area contributed by atoms with Gasteiger partial charge in [-0.2, -0.15) is 0 Å². The number of allylic oxidation sites excluding steroid dienone is 4. The molecule has 0 radical (unpaired) electrons. The lowest BCUT2D eigenvalue weighted by Gasteiger charge is -2.62. The van der Waals surface area contributed by atoms with Crippen molar-refractivity contribution in [2.75, 3.05) is 6.16 Å². The minimum atomic E-state index is -1.46. The van der Waals surface area contributed by atoms with Crippen LogP contribution in [0.15, 0.2) is 72.4 Å². The van der Waals surface area contributed by atoms with Crippen LogP contribution in [0.2, 0.25) is 25.2 Å². The van der Waals surface area contributed by atoms with Crippen LogP contribution in [0, 0.1) is 47.3 Å². The Morgan fingerprint density at radius 3 is 1.51 bits per heavy atom. The third-order valence-corrected chi connectivity index (χ3v) is 21.4. The van der Waals surface area contributed by atoms with Gasteiger partial charge in [0.15, 0.2) is 0 Å². The van der Waals surface area contributed by atoms with Crippen LogP contribution < -0.4 is 0 Å². The second-order valence-electron chi connectivity index (χ2n) is 18.0. The molecule has 238 valence electrons. The maximum absolute atomic E-state index is 4.68. The van der Waals surface area contributed by atoms with Gasteiger partial charge in [-0.25, -0.2) is 0 Å². The molecule has 0 saturated heterocycles. The van der Waals surface area contributed by atoms with Gasteiger partial charge in [-0.15, -0.1) is 9.24 Å². The summed E-state index contributed by atoms with van der Waals surface area (Å²) in [6.07, 6.45) is 30.8. The quantitative estimate of drug-likeness (QED) is 0.210. The molecular formula is C40H54N2P2Si. The van der Waals surface area contributed by atoms with Crippen molar-refractivity contribution < 1.29 is 0 Å². The molecule has 2 unspecified atom stereocenters. The van der Waals surface area contributed by atoms with E-state index in [0.29, 0.717) is 5.54 Å². The average molecular weight is 653 g/mol. The van der Waals surface area contributed by atoms with Crippen LogP contribution in [0.1, 0.15) is 75.3 Å². The Balaban J connectivity index is 1.15. The first-order valence-electron chi connectivity index (χ1n) is 18.5. The predicted molar refractivity (Wildman–Crippen MR) is 196 cm³/mol. The van der Waals surface area contributed by atoms with Gasteiger partial charge in [0.05, 0.1) is 13.2 Å². The normalized spacial score (nSPS) is 40.5. The molecule has 2 aromatic rings. The molecule has 0 aromatic carbocycles. The predicted octanol–water partition coefficient (Wildman–Crippen LogP) is 10.3. The molecule has 5 heteroatoms. The topological polar surface area (TPSA) is 25.8 Å². The van der Waals surface area contributed by atoms with Gasteiger partial charge in [-0.05, 0) is 169 Å². The van der Waals surface area contributed by atoms with Crippen molar-refractivity contribution >= 4 is 25.2 Å². The van der Waals surface area contributed by atoms with Crippen molar-refractivity contribution in [3.63, 3.8) is 0 Å². The van der Waals surface area contributed by atoms with Crippen molar-refractivity contribution in [3.05, 3.63) is 83.5 Å². The van der Waals surface area contributed by atoms with Crippen molar-refractivity contribution in [1.82, 2.24) is 9.97 Å². The van der Waals surface area contributed by atoms with E-state index >= 15 is 0 Å². The van der Waals surface area contributed by atoms with Gasteiger partial charge >= 0.3 is 0 Å². The molecule has 0 aliphatic heterocycles. The molecule has 2 atom stereocenters. The smallest absolute Gasteiger partial charge is 0.0621 e. The van der Waals surface area contributed by atoms with Gasteiger partial charge in [0.2, 0.25) is 0 Å². The standard InChI is InChI=1S/C40H54N2P2Si/c1-45(2,3)36-20-33(37(21-36)40(43,34-6-4-8-41-22-34)35-7-5-9-42-23-35)24-44(38-29-12-25-10-26(14-29)15-30(38)13-25)39-31-16-27-11-28(18-31)19-32(39)17-27/h4-9,20-23,25-32,36,38-39H,10-19,24,43H2,1-3H3. The Kier molecular flexibility index (Phi) is 7.46. The number of aromatic nitrogens is 2. The van der Waals surface area contributed by atoms with Gasteiger partial charge in [0.1, 0.15) is 0 Å². The molecule has 11 rings (SSSR count). The molecule has 9 aliphatic carbocycles. The minimum absolute atomic E-state index is 0.0722. The van der Waals surface area contributed by atoms with E-state index in [1.807, 2.05) is 12.4 Å². The second kappa shape index (κ2) is 11.2. The number of pyridine rings is 2. The third-order valence-electron chi connectivity index (χ3n) is 14.2. The summed E-state index contributed by atoms with van der Waals surface area (Å²) < 4.78 is 0. The first kappa shape index (κ1) is 30.0. The zero-order chi connectivity index (χ0) is 30.5. The fourth-order valence-electron chi connectivity index (χ4n) is 12.8. The van der Waals surface area contributed by atoms with Gasteiger partial charge in [-0.3, -0.25) is 9.97 Å². The van der Waals surface area contributed by atoms with Crippen LogP contribution >= 0.6 is 17.2 Å². The second-order valence-corrected chi connectivity index (χ2v) is 26.8. The van der Waals surface area contributed by atoms with Crippen molar-refractivity contribution in [3.8, 4) is 0 Å². The summed E-state index contributed by atoms with van der Waals surface area (Å²) in [5.74, 6) is 8.38. The van der Waals surface area contributed by atoms with E-state index in [-0.39, 0.29) is 13.1 Å². The molecule has 9 aliphatic rings. The van der Waals surface area contributed by atoms with Gasteiger partial charge < -0.3 is 0 Å². The van der Waals surface area contributed by atoms with Crippen molar-refractivity contribution in [2.45, 2.75) is 106 Å². The van der Waals surface area contributed by atoms with Crippen LogP contribution in [-0.2, 0) is 5.16 Å². The fourth-order valence-corrected chi connectivity index (χ4v) is 19.4. The Bertz CT molecular complexity index is 1340. The highest BCUT2D eigenvalue weighted by Crippen LogP contribution is 2.72. The molecular weight excluding hydrogens is 598 g/mol. The number of hydrogen-bond donors (Lipinski definition) is 0. The van der Waals surface area contributed by atoms with Crippen LogP contribution in [-0.4, -0.2) is 35.5 Å². The van der Waals surface area contributed by atoms with Crippen LogP contribution in [0.25, 0.3) is 0 Å². The average Bonchev–Trinajstić information content (AvgIpc) is 3.46. The summed E-state index contributed by atoms with van der Waals surface area (Å²) in [5.41, 5.74) is 8.50. The van der Waals surface area contributed by atoms with E-state index in [4.69, 9.17) is 0 Å². The molecule has 8 fully saturated rings. The zero-order valence-corrected chi connectivity index (χ0v) is 30.9. The van der Waals surface area contributed by atoms with E-state index in [1.165, 1.54) is 17.3 Å². The zero-order valence-electron chi connectivity index (χ0n) is 27.8. The van der Waals surface area contributed by atoms with E-state index in [2.05, 4.69) is 87.7 Å². The third kappa shape index (κ3) is 5.06. The summed E-state index contributed by atoms with van der Waals surface area (Å²) in [4.78, 5) is 9.36. The highest BCUT2D eigenvalue weighted by atomic mass is 31.1. The van der Waals surface area contributed by atoms with E-state index in [0.717, 1.165) is 58.7 Å². The molecule has 8 saturated carbocycles. The summed E-state index contributed by atoms with van der Waals surface area (Å²) in [6.45, 7) is 7.76. The molecule has 2 nitrogen and oxygen atoms in total. The Labute approximate surface area is 277 Å².